The second kappa shape index (κ2) is 4.03. The monoisotopic (exact) mass is 218 g/mol. The van der Waals surface area contributed by atoms with Crippen LogP contribution in [0.2, 0.25) is 0 Å². The maximum atomic E-state index is 5.61. The average Bonchev–Trinajstić information content (AvgIpc) is 2.62. The summed E-state index contributed by atoms with van der Waals surface area (Å²) in [6.07, 6.45) is 2.08. The highest BCUT2D eigenvalue weighted by Crippen LogP contribution is 2.16. The molecule has 2 rings (SSSR count). The van der Waals surface area contributed by atoms with Gasteiger partial charge in [0.15, 0.2) is 0 Å². The Morgan fingerprint density at radius 1 is 1.40 bits per heavy atom. The summed E-state index contributed by atoms with van der Waals surface area (Å²) in [6.45, 7) is 2.90. The molecular weight excluding hydrogens is 204 g/mol. The van der Waals surface area contributed by atoms with E-state index in [4.69, 9.17) is 18.0 Å². The van der Waals surface area contributed by atoms with Crippen LogP contribution < -0.4 is 5.73 Å². The normalized spacial score (nSPS) is 12.9. The minimum absolute atomic E-state index is 0.232. The number of rotatable bonds is 3. The van der Waals surface area contributed by atoms with E-state index in [-0.39, 0.29) is 5.92 Å². The Morgan fingerprint density at radius 3 is 2.87 bits per heavy atom. The van der Waals surface area contributed by atoms with Crippen LogP contribution in [0.25, 0.3) is 10.9 Å². The molecule has 0 fully saturated rings. The lowest BCUT2D eigenvalue weighted by Gasteiger charge is -2.11. The van der Waals surface area contributed by atoms with Crippen molar-refractivity contribution in [3.05, 3.63) is 36.5 Å². The van der Waals surface area contributed by atoms with E-state index >= 15 is 0 Å². The van der Waals surface area contributed by atoms with Gasteiger partial charge in [0.05, 0.1) is 4.99 Å². The predicted octanol–water partition coefficient (Wildman–Crippen LogP) is 2.56. The standard InChI is InChI=1S/C12H14N2S/c1-9(12(13)15)8-14-7-6-10-4-2-3-5-11(10)14/h2-7,9H,8H2,1H3,(H2,13,15). The zero-order chi connectivity index (χ0) is 10.8. The third-order valence-electron chi connectivity index (χ3n) is 2.64. The van der Waals surface area contributed by atoms with Crippen molar-refractivity contribution in [2.75, 3.05) is 0 Å². The summed E-state index contributed by atoms with van der Waals surface area (Å²) in [6, 6.07) is 10.4. The van der Waals surface area contributed by atoms with Crippen LogP contribution in [-0.4, -0.2) is 9.56 Å². The van der Waals surface area contributed by atoms with Crippen molar-refractivity contribution in [2.45, 2.75) is 13.5 Å². The van der Waals surface area contributed by atoms with Crippen molar-refractivity contribution in [2.24, 2.45) is 11.7 Å². The fraction of sp³-hybridized carbons (Fsp3) is 0.250. The largest absolute Gasteiger partial charge is 0.393 e. The first kappa shape index (κ1) is 10.2. The molecule has 78 valence electrons. The molecule has 0 aliphatic rings. The Kier molecular flexibility index (Phi) is 2.73. The molecule has 15 heavy (non-hydrogen) atoms. The van der Waals surface area contributed by atoms with Crippen LogP contribution in [0.3, 0.4) is 0 Å². The highest BCUT2D eigenvalue weighted by Gasteiger charge is 2.07. The van der Waals surface area contributed by atoms with E-state index in [1.165, 1.54) is 10.9 Å². The molecule has 0 aliphatic carbocycles. The van der Waals surface area contributed by atoms with Gasteiger partial charge in [0, 0.05) is 24.2 Å². The van der Waals surface area contributed by atoms with Crippen LogP contribution in [0.1, 0.15) is 6.92 Å². The maximum Gasteiger partial charge on any atom is 0.0773 e. The Labute approximate surface area is 94.7 Å². The summed E-state index contributed by atoms with van der Waals surface area (Å²) in [7, 11) is 0. The van der Waals surface area contributed by atoms with Crippen LogP contribution in [0, 0.1) is 5.92 Å². The first-order chi connectivity index (χ1) is 7.18. The van der Waals surface area contributed by atoms with Crippen molar-refractivity contribution in [1.29, 1.82) is 0 Å². The SMILES string of the molecule is CC(Cn1ccc2ccccc21)C(N)=S. The van der Waals surface area contributed by atoms with Crippen molar-refractivity contribution in [1.82, 2.24) is 4.57 Å². The smallest absolute Gasteiger partial charge is 0.0773 e. The molecule has 0 saturated heterocycles. The van der Waals surface area contributed by atoms with Gasteiger partial charge in [-0.05, 0) is 17.5 Å². The van der Waals surface area contributed by atoms with E-state index in [0.717, 1.165) is 6.54 Å². The summed E-state index contributed by atoms with van der Waals surface area (Å²) < 4.78 is 2.19. The highest BCUT2D eigenvalue weighted by atomic mass is 32.1. The summed E-state index contributed by atoms with van der Waals surface area (Å²) >= 11 is 4.98. The van der Waals surface area contributed by atoms with Crippen molar-refractivity contribution >= 4 is 28.1 Å². The van der Waals surface area contributed by atoms with E-state index in [2.05, 4.69) is 35.9 Å². The first-order valence-corrected chi connectivity index (χ1v) is 5.42. The van der Waals surface area contributed by atoms with E-state index in [1.807, 2.05) is 12.1 Å². The van der Waals surface area contributed by atoms with Crippen LogP contribution in [0.4, 0.5) is 0 Å². The van der Waals surface area contributed by atoms with Crippen LogP contribution in [0.15, 0.2) is 36.5 Å². The molecule has 0 bridgehead atoms. The molecule has 1 unspecified atom stereocenters. The fourth-order valence-corrected chi connectivity index (χ4v) is 1.76. The maximum absolute atomic E-state index is 5.61. The number of nitrogens with two attached hydrogens (primary N) is 1. The van der Waals surface area contributed by atoms with Crippen LogP contribution in [0.5, 0.6) is 0 Å². The zero-order valence-corrected chi connectivity index (χ0v) is 9.50. The fourth-order valence-electron chi connectivity index (χ4n) is 1.68. The van der Waals surface area contributed by atoms with E-state index in [1.54, 1.807) is 0 Å². The van der Waals surface area contributed by atoms with Gasteiger partial charge in [-0.1, -0.05) is 37.3 Å². The molecule has 2 nitrogen and oxygen atoms in total. The van der Waals surface area contributed by atoms with Gasteiger partial charge in [-0.25, -0.2) is 0 Å². The quantitative estimate of drug-likeness (QED) is 0.803. The number of hydrogen-bond donors (Lipinski definition) is 1. The number of hydrogen-bond acceptors (Lipinski definition) is 1. The molecule has 1 aromatic heterocycles. The molecule has 0 saturated carbocycles. The lowest BCUT2D eigenvalue weighted by molar-refractivity contribution is 0.616. The molecule has 1 heterocycles. The van der Waals surface area contributed by atoms with Gasteiger partial charge >= 0.3 is 0 Å². The molecular formula is C12H14N2S. The molecule has 0 radical (unpaired) electrons. The topological polar surface area (TPSA) is 30.9 Å². The molecule has 0 spiro atoms. The minimum atomic E-state index is 0.232. The van der Waals surface area contributed by atoms with E-state index in [9.17, 15) is 0 Å². The van der Waals surface area contributed by atoms with Gasteiger partial charge in [0.25, 0.3) is 0 Å². The van der Waals surface area contributed by atoms with Gasteiger partial charge in [0.1, 0.15) is 0 Å². The summed E-state index contributed by atoms with van der Waals surface area (Å²) in [5.74, 6) is 0.232. The van der Waals surface area contributed by atoms with Crippen LogP contribution >= 0.6 is 12.2 Å². The van der Waals surface area contributed by atoms with Crippen molar-refractivity contribution in [3.8, 4) is 0 Å². The van der Waals surface area contributed by atoms with Gasteiger partial charge in [0.2, 0.25) is 0 Å². The number of thiocarbonyl (C=S) groups is 1. The van der Waals surface area contributed by atoms with Gasteiger partial charge < -0.3 is 10.3 Å². The van der Waals surface area contributed by atoms with Crippen molar-refractivity contribution in [3.63, 3.8) is 0 Å². The number of nitrogens with zero attached hydrogens (tertiary/aromatic N) is 1. The summed E-state index contributed by atoms with van der Waals surface area (Å²) in [5, 5.41) is 1.26. The van der Waals surface area contributed by atoms with Gasteiger partial charge in [-0.2, -0.15) is 0 Å². The summed E-state index contributed by atoms with van der Waals surface area (Å²) in [4.78, 5) is 0.577. The number of para-hydroxylation sites is 1. The Hall–Kier alpha value is -1.35. The average molecular weight is 218 g/mol. The number of aromatic nitrogens is 1. The summed E-state index contributed by atoms with van der Waals surface area (Å²) in [5.41, 5.74) is 6.85. The molecule has 2 aromatic rings. The Balaban J connectivity index is 2.32. The van der Waals surface area contributed by atoms with Gasteiger partial charge in [-0.15, -0.1) is 0 Å². The molecule has 1 atom stereocenters. The lowest BCUT2D eigenvalue weighted by atomic mass is 10.2. The highest BCUT2D eigenvalue weighted by molar-refractivity contribution is 7.80. The molecule has 2 N–H and O–H groups in total. The van der Waals surface area contributed by atoms with Crippen molar-refractivity contribution < 1.29 is 0 Å². The second-order valence-corrected chi connectivity index (χ2v) is 4.30. The lowest BCUT2D eigenvalue weighted by Crippen LogP contribution is -2.22. The molecule has 0 aliphatic heterocycles. The Morgan fingerprint density at radius 2 is 2.13 bits per heavy atom. The molecule has 1 aromatic carbocycles. The van der Waals surface area contributed by atoms with Crippen LogP contribution in [-0.2, 0) is 6.54 Å². The molecule has 0 amide bonds. The first-order valence-electron chi connectivity index (χ1n) is 5.01. The number of benzene rings is 1. The minimum Gasteiger partial charge on any atom is -0.393 e. The predicted molar refractivity (Wildman–Crippen MR) is 67.9 cm³/mol. The third kappa shape index (κ3) is 2.02. The van der Waals surface area contributed by atoms with Gasteiger partial charge in [-0.3, -0.25) is 0 Å². The third-order valence-corrected chi connectivity index (χ3v) is 3.04. The molecule has 3 heteroatoms. The van der Waals surface area contributed by atoms with E-state index in [0.29, 0.717) is 4.99 Å². The Bertz CT molecular complexity index is 487. The zero-order valence-electron chi connectivity index (χ0n) is 8.68. The van der Waals surface area contributed by atoms with E-state index < -0.39 is 0 Å². The second-order valence-electron chi connectivity index (χ2n) is 3.83. The number of fused-ring (bicyclic) bond motifs is 1.